The van der Waals surface area contributed by atoms with Gasteiger partial charge in [-0.25, -0.2) is 0 Å². The van der Waals surface area contributed by atoms with Gasteiger partial charge >= 0.3 is 0 Å². The number of amides is 1. The predicted octanol–water partition coefficient (Wildman–Crippen LogP) is 10.2. The molecule has 0 aromatic heterocycles. The monoisotopic (exact) mass is 842 g/mol. The highest BCUT2D eigenvalue weighted by Gasteiger charge is 2.45. The Morgan fingerprint density at radius 1 is 0.582 bits per heavy atom. The highest BCUT2D eigenvalue weighted by atomic mass is 35.5. The van der Waals surface area contributed by atoms with E-state index in [1.165, 1.54) is 141 Å². The van der Waals surface area contributed by atoms with Crippen molar-refractivity contribution in [2.45, 2.75) is 218 Å². The zero-order valence-corrected chi connectivity index (χ0v) is 38.0. The standard InChI is InChI=1S/C43H87N7O2.3ClH/c1-3-5-7-9-11-13-15-17-19-20-22-24-26-28-30-32-37-50(36-31-29-27-25-23-21-18-16-14-12-10-8-6-4-2)41(52)43(48,38-44)40(51)39(45)34-33-35-49-42(46)47;;;/h17,19,39H,3-16,18,20-38,44-45,48H2,1-2H3,(H4,46,47,49);3*1H/b19-17-;;;/t39-,43?;;;/m1.../s1. The van der Waals surface area contributed by atoms with Gasteiger partial charge in [0, 0.05) is 26.2 Å². The quantitative estimate of drug-likeness (QED) is 0.0134. The number of unbranched alkanes of at least 4 members (excludes halogenated alkanes) is 25. The number of ketones is 1. The summed E-state index contributed by atoms with van der Waals surface area (Å²) in [4.78, 5) is 33.1. The zero-order valence-electron chi connectivity index (χ0n) is 35.6. The van der Waals surface area contributed by atoms with Crippen LogP contribution in [-0.4, -0.2) is 60.3 Å². The Kier molecular flexibility index (Phi) is 48.5. The molecule has 0 rings (SSSR count). The van der Waals surface area contributed by atoms with Crippen molar-refractivity contribution in [3.63, 3.8) is 0 Å². The Morgan fingerprint density at radius 2 is 0.927 bits per heavy atom. The van der Waals surface area contributed by atoms with Gasteiger partial charge in [0.2, 0.25) is 0 Å². The van der Waals surface area contributed by atoms with Crippen molar-refractivity contribution < 1.29 is 9.59 Å². The highest BCUT2D eigenvalue weighted by molar-refractivity contribution is 6.12. The van der Waals surface area contributed by atoms with E-state index in [9.17, 15) is 9.59 Å². The third-order valence-corrected chi connectivity index (χ3v) is 10.5. The third kappa shape index (κ3) is 34.6. The first-order chi connectivity index (χ1) is 25.2. The maximum atomic E-state index is 13.9. The first-order valence-corrected chi connectivity index (χ1v) is 22.0. The molecular formula is C43H90Cl3N7O2. The summed E-state index contributed by atoms with van der Waals surface area (Å²) in [5, 5.41) is 0. The van der Waals surface area contributed by atoms with Crippen LogP contribution >= 0.6 is 37.2 Å². The summed E-state index contributed by atoms with van der Waals surface area (Å²) in [7, 11) is 0. The average Bonchev–Trinajstić information content (AvgIpc) is 3.14. The molecule has 0 bridgehead atoms. The molecule has 2 atom stereocenters. The number of carbonyl (C=O) groups excluding carboxylic acids is 2. The van der Waals surface area contributed by atoms with Gasteiger partial charge in [-0.15, -0.1) is 37.2 Å². The third-order valence-electron chi connectivity index (χ3n) is 10.5. The number of carbonyl (C=O) groups is 2. The van der Waals surface area contributed by atoms with E-state index in [2.05, 4.69) is 31.0 Å². The first kappa shape index (κ1) is 60.6. The molecule has 0 fully saturated rings. The SMILES string of the molecule is CCCCCCCC/C=C\CCCCCCCCN(CCCCCCCCCCCCCCCC)C(=O)C(N)(CN)C(=O)[C@H](N)CCCN=C(N)N.Cl.Cl.Cl. The Labute approximate surface area is 358 Å². The van der Waals surface area contributed by atoms with Gasteiger partial charge in [-0.3, -0.25) is 14.6 Å². The van der Waals surface area contributed by atoms with Crippen LogP contribution in [0.25, 0.3) is 0 Å². The second-order valence-corrected chi connectivity index (χ2v) is 15.4. The maximum Gasteiger partial charge on any atom is 0.251 e. The molecule has 0 radical (unpaired) electrons. The van der Waals surface area contributed by atoms with Crippen LogP contribution in [0.2, 0.25) is 0 Å². The number of rotatable bonds is 39. The van der Waals surface area contributed by atoms with Crippen LogP contribution in [0.4, 0.5) is 0 Å². The fourth-order valence-electron chi connectivity index (χ4n) is 6.92. The van der Waals surface area contributed by atoms with Crippen molar-refractivity contribution in [2.24, 2.45) is 33.7 Å². The smallest absolute Gasteiger partial charge is 0.251 e. The predicted molar refractivity (Wildman–Crippen MR) is 247 cm³/mol. The van der Waals surface area contributed by atoms with Gasteiger partial charge in [-0.05, 0) is 51.4 Å². The molecular weight excluding hydrogens is 753 g/mol. The second-order valence-electron chi connectivity index (χ2n) is 15.4. The van der Waals surface area contributed by atoms with Crippen molar-refractivity contribution in [1.82, 2.24) is 4.90 Å². The fraction of sp³-hybridized carbons (Fsp3) is 0.884. The van der Waals surface area contributed by atoms with Crippen LogP contribution in [0.1, 0.15) is 206 Å². The summed E-state index contributed by atoms with van der Waals surface area (Å²) in [6.07, 6.45) is 40.7. The van der Waals surface area contributed by atoms with E-state index < -0.39 is 17.4 Å². The summed E-state index contributed by atoms with van der Waals surface area (Å²) < 4.78 is 0. The second kappa shape index (κ2) is 44.0. The number of hydrogen-bond acceptors (Lipinski definition) is 6. The normalized spacial score (nSPS) is 12.6. The van der Waals surface area contributed by atoms with Gasteiger partial charge in [-0.1, -0.05) is 167 Å². The first-order valence-electron chi connectivity index (χ1n) is 22.0. The van der Waals surface area contributed by atoms with Crippen molar-refractivity contribution in [3.8, 4) is 0 Å². The summed E-state index contributed by atoms with van der Waals surface area (Å²) >= 11 is 0. The van der Waals surface area contributed by atoms with Crippen LogP contribution in [0.5, 0.6) is 0 Å². The van der Waals surface area contributed by atoms with Crippen molar-refractivity contribution in [2.75, 3.05) is 26.2 Å². The van der Waals surface area contributed by atoms with Crippen LogP contribution in [0, 0.1) is 0 Å². The molecule has 12 heteroatoms. The maximum absolute atomic E-state index is 13.9. The number of Topliss-reactive ketones (excluding diaryl/α,β-unsaturated/α-hetero) is 1. The number of hydrogen-bond donors (Lipinski definition) is 5. The molecule has 55 heavy (non-hydrogen) atoms. The lowest BCUT2D eigenvalue weighted by Gasteiger charge is -2.34. The molecule has 0 aliphatic carbocycles. The van der Waals surface area contributed by atoms with Crippen molar-refractivity contribution in [1.29, 1.82) is 0 Å². The molecule has 0 aromatic rings. The van der Waals surface area contributed by atoms with Crippen LogP contribution in [0.15, 0.2) is 17.1 Å². The van der Waals surface area contributed by atoms with E-state index in [1.807, 2.05) is 0 Å². The topological polar surface area (TPSA) is 180 Å². The Balaban J connectivity index is -0.00000433. The van der Waals surface area contributed by atoms with Crippen molar-refractivity contribution >= 4 is 54.9 Å². The van der Waals surface area contributed by atoms with E-state index in [-0.39, 0.29) is 55.6 Å². The molecule has 0 saturated heterocycles. The Hall–Kier alpha value is -1.10. The number of guanidine groups is 1. The van der Waals surface area contributed by atoms with Gasteiger partial charge in [0.1, 0.15) is 0 Å². The van der Waals surface area contributed by atoms with Crippen LogP contribution < -0.4 is 28.7 Å². The lowest BCUT2D eigenvalue weighted by molar-refractivity contribution is -0.143. The molecule has 0 saturated carbocycles. The highest BCUT2D eigenvalue weighted by Crippen LogP contribution is 2.17. The molecule has 0 spiro atoms. The Morgan fingerprint density at radius 3 is 1.27 bits per heavy atom. The molecule has 0 aliphatic rings. The van der Waals surface area contributed by atoms with Gasteiger partial charge in [0.15, 0.2) is 17.3 Å². The fourth-order valence-corrected chi connectivity index (χ4v) is 6.92. The molecule has 1 unspecified atom stereocenters. The number of nitrogens with two attached hydrogens (primary N) is 5. The number of halogens is 3. The van der Waals surface area contributed by atoms with Crippen LogP contribution in [0.3, 0.4) is 0 Å². The molecule has 0 aliphatic heterocycles. The van der Waals surface area contributed by atoms with E-state index in [0.29, 0.717) is 32.5 Å². The van der Waals surface area contributed by atoms with E-state index >= 15 is 0 Å². The molecule has 9 nitrogen and oxygen atoms in total. The molecule has 0 heterocycles. The minimum atomic E-state index is -1.83. The van der Waals surface area contributed by atoms with E-state index in [0.717, 1.165) is 38.5 Å². The molecule has 330 valence electrons. The lowest BCUT2D eigenvalue weighted by atomic mass is 9.87. The minimum absolute atomic E-state index is 0. The molecule has 1 amide bonds. The Bertz CT molecular complexity index is 910. The van der Waals surface area contributed by atoms with Crippen molar-refractivity contribution in [3.05, 3.63) is 12.2 Å². The number of allylic oxidation sites excluding steroid dienone is 2. The number of aliphatic imine (C=N–C) groups is 1. The zero-order chi connectivity index (χ0) is 38.5. The van der Waals surface area contributed by atoms with Crippen LogP contribution in [-0.2, 0) is 9.59 Å². The van der Waals surface area contributed by atoms with Gasteiger partial charge in [0.05, 0.1) is 6.04 Å². The van der Waals surface area contributed by atoms with Gasteiger partial charge < -0.3 is 33.6 Å². The summed E-state index contributed by atoms with van der Waals surface area (Å²) in [5.41, 5.74) is 27.8. The lowest BCUT2D eigenvalue weighted by Crippen LogP contribution is -2.68. The summed E-state index contributed by atoms with van der Waals surface area (Å²) in [5.74, 6) is -0.894. The van der Waals surface area contributed by atoms with E-state index in [4.69, 9.17) is 28.7 Å². The summed E-state index contributed by atoms with van der Waals surface area (Å²) in [6.45, 7) is 5.80. The average molecular weight is 844 g/mol. The molecule has 10 N–H and O–H groups in total. The summed E-state index contributed by atoms with van der Waals surface area (Å²) in [6, 6.07) is -0.903. The number of nitrogens with zero attached hydrogens (tertiary/aromatic N) is 2. The van der Waals surface area contributed by atoms with Gasteiger partial charge in [0.25, 0.3) is 5.91 Å². The van der Waals surface area contributed by atoms with Gasteiger partial charge in [-0.2, -0.15) is 0 Å². The van der Waals surface area contributed by atoms with E-state index in [1.54, 1.807) is 4.90 Å². The minimum Gasteiger partial charge on any atom is -0.370 e. The molecule has 0 aromatic carbocycles. The largest absolute Gasteiger partial charge is 0.370 e.